The highest BCUT2D eigenvalue weighted by molar-refractivity contribution is 6.20. The van der Waals surface area contributed by atoms with Gasteiger partial charge in [-0.2, -0.15) is 0 Å². The van der Waals surface area contributed by atoms with Crippen molar-refractivity contribution in [1.29, 1.82) is 0 Å². The zero-order valence-electron chi connectivity index (χ0n) is 33.3. The molecule has 0 amide bonds. The van der Waals surface area contributed by atoms with Crippen molar-refractivity contribution in [2.24, 2.45) is 16.8 Å². The minimum Gasteiger partial charge on any atom is -0.456 e. The minimum atomic E-state index is -0.0953. The quantitative estimate of drug-likeness (QED) is 0.166. The number of benzene rings is 8. The van der Waals surface area contributed by atoms with Crippen LogP contribution < -0.4 is 0 Å². The number of nitrogens with zero attached hydrogens (tertiary/aromatic N) is 2. The summed E-state index contributed by atoms with van der Waals surface area (Å²) in [6.07, 6.45) is 4.34. The molecular weight excluding hydrogens is 717 g/mol. The lowest BCUT2D eigenvalue weighted by Gasteiger charge is -2.31. The Morgan fingerprint density at radius 3 is 2.07 bits per heavy atom. The van der Waals surface area contributed by atoms with E-state index in [0.717, 1.165) is 51.7 Å². The standard InChI is InChI=1S/C56H44N2O/c1-3-44-45(42-24-16-23-39(31-42)37-17-6-4-7-18-37)30-29-36(2)55(57-56(44)38-19-8-5-9-20-38)49-34-43(35-53-54(49)47-26-13-15-28-52(47)59-53)58-50-27-14-12-25-46(50)48-32-40-21-10-11-22-41(40)33-51(48)58/h4-28,30-36,44,56H,3,29H2,1-2H3/b45-30+,57-55?. The molecular formula is C56H44N2O. The van der Waals surface area contributed by atoms with Crippen molar-refractivity contribution in [2.75, 3.05) is 0 Å². The normalized spacial score (nSPS) is 18.2. The molecule has 0 saturated heterocycles. The summed E-state index contributed by atoms with van der Waals surface area (Å²) in [5.74, 6) is 0.289. The van der Waals surface area contributed by atoms with Crippen molar-refractivity contribution in [2.45, 2.75) is 32.7 Å². The highest BCUT2D eigenvalue weighted by atomic mass is 16.3. The number of fused-ring (bicyclic) bond motifs is 7. The highest BCUT2D eigenvalue weighted by Gasteiger charge is 2.31. The Morgan fingerprint density at radius 2 is 1.25 bits per heavy atom. The maximum absolute atomic E-state index is 6.80. The van der Waals surface area contributed by atoms with Crippen LogP contribution in [0.5, 0.6) is 0 Å². The zero-order chi connectivity index (χ0) is 39.5. The van der Waals surface area contributed by atoms with Gasteiger partial charge in [0.15, 0.2) is 0 Å². The van der Waals surface area contributed by atoms with Crippen molar-refractivity contribution in [3.8, 4) is 16.8 Å². The van der Waals surface area contributed by atoms with Crippen LogP contribution in [-0.2, 0) is 0 Å². The smallest absolute Gasteiger partial charge is 0.138 e. The monoisotopic (exact) mass is 760 g/mol. The molecule has 8 aromatic carbocycles. The molecule has 3 atom stereocenters. The summed E-state index contributed by atoms with van der Waals surface area (Å²) in [5, 5.41) is 7.19. The second kappa shape index (κ2) is 14.4. The van der Waals surface area contributed by atoms with Crippen LogP contribution in [0, 0.1) is 11.8 Å². The van der Waals surface area contributed by atoms with E-state index in [9.17, 15) is 0 Å². The predicted molar refractivity (Wildman–Crippen MR) is 249 cm³/mol. The molecule has 0 fully saturated rings. The molecule has 10 aromatic rings. The van der Waals surface area contributed by atoms with Gasteiger partial charge in [-0.1, -0.05) is 159 Å². The van der Waals surface area contributed by atoms with E-state index in [1.165, 1.54) is 60.4 Å². The third-order valence-corrected chi connectivity index (χ3v) is 12.6. The largest absolute Gasteiger partial charge is 0.456 e. The van der Waals surface area contributed by atoms with E-state index in [1.807, 2.05) is 0 Å². The molecule has 3 nitrogen and oxygen atoms in total. The van der Waals surface area contributed by atoms with E-state index in [1.54, 1.807) is 0 Å². The van der Waals surface area contributed by atoms with E-state index in [2.05, 4.69) is 206 Å². The first kappa shape index (κ1) is 35.2. The molecule has 0 bridgehead atoms. The van der Waals surface area contributed by atoms with Gasteiger partial charge in [0.2, 0.25) is 0 Å². The van der Waals surface area contributed by atoms with Crippen LogP contribution in [0.1, 0.15) is 49.4 Å². The maximum atomic E-state index is 6.80. The molecule has 0 saturated carbocycles. The van der Waals surface area contributed by atoms with Gasteiger partial charge in [-0.15, -0.1) is 0 Å². The SMILES string of the molecule is CCC1/C(c2cccc(-c3ccccc3)c2)=C/CC(C)C(c2cc(-n3c4ccccc4c4cc5ccccc5cc43)cc3oc4ccccc4c23)=NC1c1ccccc1. The fourth-order valence-corrected chi connectivity index (χ4v) is 9.78. The van der Waals surface area contributed by atoms with Gasteiger partial charge in [0.05, 0.1) is 22.8 Å². The summed E-state index contributed by atoms with van der Waals surface area (Å²) in [7, 11) is 0. The third-order valence-electron chi connectivity index (χ3n) is 12.6. The summed E-state index contributed by atoms with van der Waals surface area (Å²) in [6.45, 7) is 4.68. The van der Waals surface area contributed by atoms with Crippen LogP contribution in [0.25, 0.3) is 76.9 Å². The van der Waals surface area contributed by atoms with Gasteiger partial charge in [0.1, 0.15) is 11.2 Å². The summed E-state index contributed by atoms with van der Waals surface area (Å²) in [4.78, 5) is 6.02. The van der Waals surface area contributed by atoms with Crippen molar-refractivity contribution in [3.63, 3.8) is 0 Å². The number of rotatable bonds is 6. The van der Waals surface area contributed by atoms with Gasteiger partial charge in [-0.05, 0) is 87.8 Å². The van der Waals surface area contributed by atoms with Crippen molar-refractivity contribution in [3.05, 3.63) is 205 Å². The van der Waals surface area contributed by atoms with Gasteiger partial charge in [0, 0.05) is 50.7 Å². The van der Waals surface area contributed by atoms with E-state index < -0.39 is 0 Å². The lowest BCUT2D eigenvalue weighted by molar-refractivity contribution is 0.514. The second-order valence-electron chi connectivity index (χ2n) is 16.2. The molecule has 0 aliphatic carbocycles. The lowest BCUT2D eigenvalue weighted by atomic mass is 9.78. The van der Waals surface area contributed by atoms with Crippen LogP contribution in [0.3, 0.4) is 0 Å². The van der Waals surface area contributed by atoms with Gasteiger partial charge >= 0.3 is 0 Å². The Balaban J connectivity index is 1.15. The third kappa shape index (κ3) is 6.00. The van der Waals surface area contributed by atoms with Gasteiger partial charge in [0.25, 0.3) is 0 Å². The Morgan fingerprint density at radius 1 is 0.576 bits per heavy atom. The first-order chi connectivity index (χ1) is 29.1. The van der Waals surface area contributed by atoms with Gasteiger partial charge in [-0.25, -0.2) is 0 Å². The van der Waals surface area contributed by atoms with Gasteiger partial charge in [-0.3, -0.25) is 4.99 Å². The first-order valence-electron chi connectivity index (χ1n) is 21.0. The molecule has 3 unspecified atom stereocenters. The molecule has 3 heteroatoms. The Hall–Kier alpha value is -6.97. The molecule has 11 rings (SSSR count). The lowest BCUT2D eigenvalue weighted by Crippen LogP contribution is -2.22. The zero-order valence-corrected chi connectivity index (χ0v) is 33.3. The summed E-state index contributed by atoms with van der Waals surface area (Å²) in [5.41, 5.74) is 13.8. The Labute approximate surface area is 344 Å². The molecule has 284 valence electrons. The predicted octanol–water partition coefficient (Wildman–Crippen LogP) is 15.2. The summed E-state index contributed by atoms with van der Waals surface area (Å²) < 4.78 is 9.24. The van der Waals surface area contributed by atoms with E-state index >= 15 is 0 Å². The van der Waals surface area contributed by atoms with Crippen molar-refractivity contribution >= 4 is 65.8 Å². The number of hydrogen-bond donors (Lipinski definition) is 0. The van der Waals surface area contributed by atoms with E-state index in [0.29, 0.717) is 0 Å². The number of para-hydroxylation sites is 2. The minimum absolute atomic E-state index is 0.0953. The highest BCUT2D eigenvalue weighted by Crippen LogP contribution is 2.45. The summed E-state index contributed by atoms with van der Waals surface area (Å²) in [6, 6.07) is 66.0. The number of furan rings is 1. The van der Waals surface area contributed by atoms with Crippen molar-refractivity contribution < 1.29 is 4.42 Å². The van der Waals surface area contributed by atoms with Crippen LogP contribution in [0.4, 0.5) is 0 Å². The number of aromatic nitrogens is 1. The van der Waals surface area contributed by atoms with Crippen LogP contribution in [-0.4, -0.2) is 10.3 Å². The van der Waals surface area contributed by atoms with Crippen LogP contribution >= 0.6 is 0 Å². The Bertz CT molecular complexity index is 3260. The van der Waals surface area contributed by atoms with E-state index in [-0.39, 0.29) is 17.9 Å². The fraction of sp³-hybridized carbons (Fsp3) is 0.125. The topological polar surface area (TPSA) is 30.4 Å². The molecule has 0 spiro atoms. The molecule has 0 radical (unpaired) electrons. The van der Waals surface area contributed by atoms with Crippen molar-refractivity contribution in [1.82, 2.24) is 4.57 Å². The van der Waals surface area contributed by atoms with Crippen LogP contribution in [0.2, 0.25) is 0 Å². The average molecular weight is 761 g/mol. The molecule has 0 N–H and O–H groups in total. The second-order valence-corrected chi connectivity index (χ2v) is 16.2. The number of hydrogen-bond acceptors (Lipinski definition) is 2. The number of aliphatic imine (C=N–C) groups is 1. The first-order valence-corrected chi connectivity index (χ1v) is 21.0. The van der Waals surface area contributed by atoms with Crippen LogP contribution in [0.15, 0.2) is 197 Å². The van der Waals surface area contributed by atoms with Gasteiger partial charge < -0.3 is 8.98 Å². The molecule has 59 heavy (non-hydrogen) atoms. The number of allylic oxidation sites excluding steroid dienone is 1. The molecule has 2 aromatic heterocycles. The fourth-order valence-electron chi connectivity index (χ4n) is 9.78. The van der Waals surface area contributed by atoms with E-state index in [4.69, 9.17) is 9.41 Å². The molecule has 1 aliphatic heterocycles. The molecule has 1 aliphatic rings. The molecule has 3 heterocycles. The Kier molecular flexibility index (Phi) is 8.62. The average Bonchev–Trinajstić information content (AvgIpc) is 3.82. The summed E-state index contributed by atoms with van der Waals surface area (Å²) >= 11 is 0. The maximum Gasteiger partial charge on any atom is 0.138 e.